The van der Waals surface area contributed by atoms with Crippen LogP contribution in [0.25, 0.3) is 0 Å². The van der Waals surface area contributed by atoms with Gasteiger partial charge in [0.1, 0.15) is 0 Å². The van der Waals surface area contributed by atoms with E-state index in [0.29, 0.717) is 6.42 Å². The molecule has 0 aromatic heterocycles. The third kappa shape index (κ3) is 2.91. The van der Waals surface area contributed by atoms with Crippen molar-refractivity contribution in [2.45, 2.75) is 44.6 Å². The lowest BCUT2D eigenvalue weighted by Gasteiger charge is -2.36. The van der Waals surface area contributed by atoms with E-state index in [-0.39, 0.29) is 18.6 Å². The zero-order valence-electron chi connectivity index (χ0n) is 12.5. The molecule has 4 heteroatoms. The number of fused-ring (bicyclic) bond motifs is 1. The highest BCUT2D eigenvalue weighted by Gasteiger charge is 2.29. The van der Waals surface area contributed by atoms with Gasteiger partial charge in [0.25, 0.3) is 5.91 Å². The zero-order valence-corrected chi connectivity index (χ0v) is 12.5. The number of benzene rings is 1. The number of para-hydroxylation sites is 1. The Hall–Kier alpha value is -1.55. The average Bonchev–Trinajstić information content (AvgIpc) is 2.54. The summed E-state index contributed by atoms with van der Waals surface area (Å²) in [4.78, 5) is 14.9. The summed E-state index contributed by atoms with van der Waals surface area (Å²) in [5, 5.41) is 12.6. The van der Waals surface area contributed by atoms with Gasteiger partial charge >= 0.3 is 0 Å². The summed E-state index contributed by atoms with van der Waals surface area (Å²) in [6, 6.07) is 6.23. The molecule has 1 atom stereocenters. The van der Waals surface area contributed by atoms with Crippen molar-refractivity contribution in [3.63, 3.8) is 0 Å². The second kappa shape index (κ2) is 6.48. The van der Waals surface area contributed by atoms with E-state index in [1.165, 1.54) is 5.56 Å². The first kappa shape index (κ1) is 14.4. The summed E-state index contributed by atoms with van der Waals surface area (Å²) in [5.74, 6) is 0.124. The molecule has 2 aliphatic heterocycles. The number of hydrogen-bond acceptors (Lipinski definition) is 3. The Morgan fingerprint density at radius 2 is 2.24 bits per heavy atom. The maximum atomic E-state index is 13.0. The van der Waals surface area contributed by atoms with Crippen LogP contribution in [0.15, 0.2) is 18.2 Å². The maximum absolute atomic E-state index is 13.0. The van der Waals surface area contributed by atoms with Gasteiger partial charge in [0.15, 0.2) is 0 Å². The van der Waals surface area contributed by atoms with Crippen molar-refractivity contribution < 1.29 is 9.90 Å². The van der Waals surface area contributed by atoms with Crippen LogP contribution in [-0.4, -0.2) is 41.7 Å². The largest absolute Gasteiger partial charge is 0.396 e. The second-order valence-electron chi connectivity index (χ2n) is 6.03. The Morgan fingerprint density at radius 1 is 1.33 bits per heavy atom. The zero-order chi connectivity index (χ0) is 14.7. The number of rotatable bonds is 3. The molecular weight excluding hydrogens is 264 g/mol. The number of nitrogens with zero attached hydrogens (tertiary/aromatic N) is 1. The van der Waals surface area contributed by atoms with Crippen molar-refractivity contribution in [1.82, 2.24) is 4.90 Å². The molecule has 0 aliphatic carbocycles. The van der Waals surface area contributed by atoms with Crippen molar-refractivity contribution in [3.05, 3.63) is 29.3 Å². The van der Waals surface area contributed by atoms with Crippen molar-refractivity contribution in [2.75, 3.05) is 25.0 Å². The SMILES string of the molecule is O=C(c1cccc2c1NCCC2)N1CCCCC1CCO. The minimum Gasteiger partial charge on any atom is -0.396 e. The number of aliphatic hydroxyl groups is 1. The number of likely N-dealkylation sites (tertiary alicyclic amines) is 1. The number of nitrogens with one attached hydrogen (secondary N) is 1. The second-order valence-corrected chi connectivity index (χ2v) is 6.03. The summed E-state index contributed by atoms with van der Waals surface area (Å²) >= 11 is 0. The van der Waals surface area contributed by atoms with Crippen LogP contribution in [0.2, 0.25) is 0 Å². The first-order valence-corrected chi connectivity index (χ1v) is 8.09. The summed E-state index contributed by atoms with van der Waals surface area (Å²) in [6.45, 7) is 1.91. The van der Waals surface area contributed by atoms with Crippen molar-refractivity contribution >= 4 is 11.6 Å². The topological polar surface area (TPSA) is 52.6 Å². The van der Waals surface area contributed by atoms with Gasteiger partial charge in [-0.1, -0.05) is 12.1 Å². The summed E-state index contributed by atoms with van der Waals surface area (Å²) in [5.41, 5.74) is 3.09. The van der Waals surface area contributed by atoms with E-state index < -0.39 is 0 Å². The molecule has 0 saturated carbocycles. The number of hydrogen-bond donors (Lipinski definition) is 2. The first-order valence-electron chi connectivity index (χ1n) is 8.09. The molecule has 4 nitrogen and oxygen atoms in total. The van der Waals surface area contributed by atoms with Gasteiger partial charge in [0.2, 0.25) is 0 Å². The fraction of sp³-hybridized carbons (Fsp3) is 0.588. The van der Waals surface area contributed by atoms with E-state index in [9.17, 15) is 9.90 Å². The number of carbonyl (C=O) groups is 1. The lowest BCUT2D eigenvalue weighted by molar-refractivity contribution is 0.0575. The fourth-order valence-electron chi connectivity index (χ4n) is 3.56. The lowest BCUT2D eigenvalue weighted by Crippen LogP contribution is -2.44. The van der Waals surface area contributed by atoms with Crippen LogP contribution in [0.5, 0.6) is 0 Å². The molecule has 1 aromatic carbocycles. The van der Waals surface area contributed by atoms with E-state index in [0.717, 1.165) is 56.4 Å². The van der Waals surface area contributed by atoms with Crippen LogP contribution in [0.3, 0.4) is 0 Å². The highest BCUT2D eigenvalue weighted by Crippen LogP contribution is 2.29. The third-order valence-electron chi connectivity index (χ3n) is 4.66. The van der Waals surface area contributed by atoms with E-state index in [1.807, 2.05) is 17.0 Å². The van der Waals surface area contributed by atoms with Gasteiger partial charge in [-0.2, -0.15) is 0 Å². The van der Waals surface area contributed by atoms with Crippen LogP contribution < -0.4 is 5.32 Å². The van der Waals surface area contributed by atoms with Gasteiger partial charge in [-0.25, -0.2) is 0 Å². The van der Waals surface area contributed by atoms with Crippen LogP contribution in [-0.2, 0) is 6.42 Å². The Kier molecular flexibility index (Phi) is 4.44. The van der Waals surface area contributed by atoms with Crippen molar-refractivity contribution in [2.24, 2.45) is 0 Å². The smallest absolute Gasteiger partial charge is 0.256 e. The van der Waals surface area contributed by atoms with Crippen LogP contribution >= 0.6 is 0 Å². The molecule has 0 spiro atoms. The van der Waals surface area contributed by atoms with Crippen LogP contribution in [0.4, 0.5) is 5.69 Å². The molecule has 2 heterocycles. The number of amides is 1. The van der Waals surface area contributed by atoms with Crippen LogP contribution in [0, 0.1) is 0 Å². The van der Waals surface area contributed by atoms with E-state index >= 15 is 0 Å². The van der Waals surface area contributed by atoms with Crippen LogP contribution in [0.1, 0.15) is 48.0 Å². The monoisotopic (exact) mass is 288 g/mol. The van der Waals surface area contributed by atoms with Gasteiger partial charge in [-0.3, -0.25) is 4.79 Å². The quantitative estimate of drug-likeness (QED) is 0.898. The van der Waals surface area contributed by atoms with E-state index in [2.05, 4.69) is 11.4 Å². The molecule has 2 N–H and O–H groups in total. The highest BCUT2D eigenvalue weighted by molar-refractivity contribution is 6.00. The van der Waals surface area contributed by atoms with E-state index in [4.69, 9.17) is 0 Å². The van der Waals surface area contributed by atoms with Crippen molar-refractivity contribution in [3.8, 4) is 0 Å². The average molecular weight is 288 g/mol. The minimum atomic E-state index is 0.124. The molecular formula is C17H24N2O2. The standard InChI is InChI=1S/C17H24N2O2/c20-12-9-14-7-1-2-11-19(14)17(21)15-8-3-5-13-6-4-10-18-16(13)15/h3,5,8,14,18,20H,1-2,4,6-7,9-12H2. The molecule has 1 unspecified atom stereocenters. The number of aryl methyl sites for hydroxylation is 1. The molecule has 21 heavy (non-hydrogen) atoms. The predicted molar refractivity (Wildman–Crippen MR) is 83.6 cm³/mol. The predicted octanol–water partition coefficient (Wildman–Crippen LogP) is 2.42. The van der Waals surface area contributed by atoms with Gasteiger partial charge in [-0.05, 0) is 50.2 Å². The summed E-state index contributed by atoms with van der Waals surface area (Å²) in [7, 11) is 0. The number of piperidine rings is 1. The van der Waals surface area contributed by atoms with Gasteiger partial charge in [0, 0.05) is 25.7 Å². The van der Waals surface area contributed by atoms with E-state index in [1.54, 1.807) is 0 Å². The molecule has 1 aromatic rings. The van der Waals surface area contributed by atoms with Gasteiger partial charge in [-0.15, -0.1) is 0 Å². The Labute approximate surface area is 126 Å². The third-order valence-corrected chi connectivity index (χ3v) is 4.66. The summed E-state index contributed by atoms with van der Waals surface area (Å²) < 4.78 is 0. The lowest BCUT2D eigenvalue weighted by atomic mass is 9.95. The molecule has 0 bridgehead atoms. The molecule has 1 fully saturated rings. The Balaban J connectivity index is 1.87. The number of carbonyl (C=O) groups excluding carboxylic acids is 1. The Morgan fingerprint density at radius 3 is 3.10 bits per heavy atom. The highest BCUT2D eigenvalue weighted by atomic mass is 16.3. The molecule has 2 aliphatic rings. The molecule has 114 valence electrons. The Bertz CT molecular complexity index is 514. The minimum absolute atomic E-state index is 0.124. The normalized spacial score (nSPS) is 21.6. The summed E-state index contributed by atoms with van der Waals surface area (Å²) in [6.07, 6.45) is 6.09. The van der Waals surface area contributed by atoms with Gasteiger partial charge < -0.3 is 15.3 Å². The molecule has 1 amide bonds. The maximum Gasteiger partial charge on any atom is 0.256 e. The molecule has 3 rings (SSSR count). The fourth-order valence-corrected chi connectivity index (χ4v) is 3.56. The van der Waals surface area contributed by atoms with Gasteiger partial charge in [0.05, 0.1) is 11.3 Å². The molecule has 0 radical (unpaired) electrons. The van der Waals surface area contributed by atoms with Crippen molar-refractivity contribution in [1.29, 1.82) is 0 Å². The molecule has 1 saturated heterocycles. The first-order chi connectivity index (χ1) is 10.3. The number of aliphatic hydroxyl groups excluding tert-OH is 1. The number of anilines is 1.